The Labute approximate surface area is 128 Å². The van der Waals surface area contributed by atoms with E-state index in [4.69, 9.17) is 16.3 Å². The van der Waals surface area contributed by atoms with Crippen molar-refractivity contribution in [2.75, 3.05) is 13.2 Å². The molecule has 2 N–H and O–H groups in total. The molecule has 0 amide bonds. The van der Waals surface area contributed by atoms with Crippen molar-refractivity contribution in [3.05, 3.63) is 51.2 Å². The minimum Gasteiger partial charge on any atom is -0.494 e. The molecule has 1 atom stereocenters. The highest BCUT2D eigenvalue weighted by atomic mass is 35.5. The average molecular weight is 312 g/mol. The molecule has 3 nitrogen and oxygen atoms in total. The van der Waals surface area contributed by atoms with Gasteiger partial charge in [0.1, 0.15) is 11.9 Å². The fourth-order valence-corrected chi connectivity index (χ4v) is 2.88. The molecular weight excluding hydrogens is 294 g/mol. The van der Waals surface area contributed by atoms with E-state index in [1.165, 1.54) is 11.3 Å². The maximum absolute atomic E-state index is 10.00. The summed E-state index contributed by atoms with van der Waals surface area (Å²) in [6, 6.07) is 11.6. The van der Waals surface area contributed by atoms with E-state index in [-0.39, 0.29) is 0 Å². The lowest BCUT2D eigenvalue weighted by Gasteiger charge is -2.10. The van der Waals surface area contributed by atoms with Crippen LogP contribution in [0.25, 0.3) is 0 Å². The molecule has 0 saturated heterocycles. The summed E-state index contributed by atoms with van der Waals surface area (Å²) in [5.74, 6) is 0.879. The van der Waals surface area contributed by atoms with Crippen LogP contribution >= 0.6 is 22.9 Å². The van der Waals surface area contributed by atoms with Crippen molar-refractivity contribution in [1.82, 2.24) is 5.32 Å². The second kappa shape index (κ2) is 7.64. The van der Waals surface area contributed by atoms with Gasteiger partial charge in [-0.3, -0.25) is 0 Å². The fraction of sp³-hybridized carbons (Fsp3) is 0.333. The van der Waals surface area contributed by atoms with Crippen LogP contribution < -0.4 is 10.1 Å². The molecular formula is C15H18ClNO2S. The van der Waals surface area contributed by atoms with E-state index in [1.807, 2.05) is 37.3 Å². The van der Waals surface area contributed by atoms with Crippen molar-refractivity contribution in [2.24, 2.45) is 0 Å². The van der Waals surface area contributed by atoms with Crippen LogP contribution in [-0.2, 0) is 6.54 Å². The van der Waals surface area contributed by atoms with E-state index in [0.29, 0.717) is 24.0 Å². The number of aliphatic hydroxyl groups is 1. The average Bonchev–Trinajstić information content (AvgIpc) is 2.88. The van der Waals surface area contributed by atoms with Crippen molar-refractivity contribution < 1.29 is 9.84 Å². The molecule has 0 aliphatic heterocycles. The maximum atomic E-state index is 10.00. The minimum atomic E-state index is -0.518. The molecule has 108 valence electrons. The van der Waals surface area contributed by atoms with E-state index < -0.39 is 6.10 Å². The summed E-state index contributed by atoms with van der Waals surface area (Å²) in [6.07, 6.45) is -0.518. The lowest BCUT2D eigenvalue weighted by molar-refractivity contribution is 0.178. The predicted octanol–water partition coefficient (Wildman–Crippen LogP) is 3.62. The second-order valence-corrected chi connectivity index (χ2v) is 6.11. The molecule has 1 unspecified atom stereocenters. The first-order valence-corrected chi connectivity index (χ1v) is 7.74. The molecule has 1 heterocycles. The SMILES string of the molecule is CCOc1ccc(CNCC(O)c2ccc(Cl)s2)cc1. The van der Waals surface area contributed by atoms with Gasteiger partial charge in [-0.25, -0.2) is 0 Å². The van der Waals surface area contributed by atoms with E-state index in [0.717, 1.165) is 16.2 Å². The highest BCUT2D eigenvalue weighted by Crippen LogP contribution is 2.26. The van der Waals surface area contributed by atoms with Gasteiger partial charge in [0.25, 0.3) is 0 Å². The van der Waals surface area contributed by atoms with Crippen LogP contribution in [-0.4, -0.2) is 18.3 Å². The molecule has 2 aromatic rings. The molecule has 0 bridgehead atoms. The summed E-state index contributed by atoms with van der Waals surface area (Å²) in [7, 11) is 0. The highest BCUT2D eigenvalue weighted by molar-refractivity contribution is 7.16. The van der Waals surface area contributed by atoms with E-state index in [2.05, 4.69) is 5.32 Å². The number of ether oxygens (including phenoxy) is 1. The summed E-state index contributed by atoms with van der Waals surface area (Å²) >= 11 is 7.26. The van der Waals surface area contributed by atoms with Gasteiger partial charge in [0.2, 0.25) is 0 Å². The Morgan fingerprint density at radius 1 is 1.25 bits per heavy atom. The zero-order valence-corrected chi connectivity index (χ0v) is 12.9. The second-order valence-electron chi connectivity index (χ2n) is 4.37. The Morgan fingerprint density at radius 3 is 2.60 bits per heavy atom. The number of hydrogen-bond donors (Lipinski definition) is 2. The number of thiophene rings is 1. The number of nitrogens with one attached hydrogen (secondary N) is 1. The van der Waals surface area contributed by atoms with Gasteiger partial charge in [0.15, 0.2) is 0 Å². The zero-order valence-electron chi connectivity index (χ0n) is 11.3. The third-order valence-electron chi connectivity index (χ3n) is 2.82. The normalized spacial score (nSPS) is 12.3. The highest BCUT2D eigenvalue weighted by Gasteiger charge is 2.09. The van der Waals surface area contributed by atoms with Gasteiger partial charge in [0, 0.05) is 18.0 Å². The van der Waals surface area contributed by atoms with E-state index in [9.17, 15) is 5.11 Å². The summed E-state index contributed by atoms with van der Waals surface area (Å²) < 4.78 is 6.09. The van der Waals surface area contributed by atoms with Crippen molar-refractivity contribution in [3.8, 4) is 5.75 Å². The molecule has 0 aliphatic rings. The van der Waals surface area contributed by atoms with Gasteiger partial charge < -0.3 is 15.2 Å². The minimum absolute atomic E-state index is 0.504. The zero-order chi connectivity index (χ0) is 14.4. The third kappa shape index (κ3) is 4.49. The van der Waals surface area contributed by atoms with Gasteiger partial charge in [-0.05, 0) is 36.8 Å². The quantitative estimate of drug-likeness (QED) is 0.820. The standard InChI is InChI=1S/C15H18ClNO2S/c1-2-19-12-5-3-11(4-6-12)9-17-10-13(18)14-7-8-15(16)20-14/h3-8,13,17-18H,2,9-10H2,1H3. The van der Waals surface area contributed by atoms with Crippen LogP contribution in [0.5, 0.6) is 5.75 Å². The van der Waals surface area contributed by atoms with Crippen LogP contribution in [0.3, 0.4) is 0 Å². The Hall–Kier alpha value is -1.07. The first kappa shape index (κ1) is 15.3. The largest absolute Gasteiger partial charge is 0.494 e. The molecule has 0 aliphatic carbocycles. The van der Waals surface area contributed by atoms with Crippen LogP contribution in [0.1, 0.15) is 23.5 Å². The molecule has 20 heavy (non-hydrogen) atoms. The molecule has 1 aromatic heterocycles. The first-order valence-electron chi connectivity index (χ1n) is 6.54. The van der Waals surface area contributed by atoms with Gasteiger partial charge in [-0.2, -0.15) is 0 Å². The Morgan fingerprint density at radius 2 is 2.00 bits per heavy atom. The third-order valence-corrected chi connectivity index (χ3v) is 4.16. The smallest absolute Gasteiger partial charge is 0.119 e. The van der Waals surface area contributed by atoms with Crippen LogP contribution in [0, 0.1) is 0 Å². The van der Waals surface area contributed by atoms with Gasteiger partial charge in [0.05, 0.1) is 10.9 Å². The van der Waals surface area contributed by atoms with Gasteiger partial charge in [-0.15, -0.1) is 11.3 Å². The van der Waals surface area contributed by atoms with Crippen LogP contribution in [0.15, 0.2) is 36.4 Å². The number of hydrogen-bond acceptors (Lipinski definition) is 4. The Kier molecular flexibility index (Phi) is 5.86. The monoisotopic (exact) mass is 311 g/mol. The molecule has 0 spiro atoms. The number of rotatable bonds is 7. The molecule has 1 aromatic carbocycles. The lowest BCUT2D eigenvalue weighted by Crippen LogP contribution is -2.20. The van der Waals surface area contributed by atoms with Crippen LogP contribution in [0.4, 0.5) is 0 Å². The maximum Gasteiger partial charge on any atom is 0.119 e. The summed E-state index contributed by atoms with van der Waals surface area (Å²) in [5.41, 5.74) is 1.16. The van der Waals surface area contributed by atoms with Crippen molar-refractivity contribution in [2.45, 2.75) is 19.6 Å². The molecule has 5 heteroatoms. The summed E-state index contributed by atoms with van der Waals surface area (Å²) in [4.78, 5) is 0.884. The molecule has 0 saturated carbocycles. The fourth-order valence-electron chi connectivity index (χ4n) is 1.83. The topological polar surface area (TPSA) is 41.5 Å². The molecule has 0 radical (unpaired) electrons. The number of aliphatic hydroxyl groups excluding tert-OH is 1. The molecule has 0 fully saturated rings. The predicted molar refractivity (Wildman–Crippen MR) is 83.6 cm³/mol. The molecule has 2 rings (SSSR count). The number of benzene rings is 1. The van der Waals surface area contributed by atoms with Crippen molar-refractivity contribution in [1.29, 1.82) is 0 Å². The van der Waals surface area contributed by atoms with Gasteiger partial charge in [-0.1, -0.05) is 23.7 Å². The van der Waals surface area contributed by atoms with Crippen molar-refractivity contribution >= 4 is 22.9 Å². The van der Waals surface area contributed by atoms with E-state index >= 15 is 0 Å². The van der Waals surface area contributed by atoms with E-state index in [1.54, 1.807) is 6.07 Å². The summed E-state index contributed by atoms with van der Waals surface area (Å²) in [6.45, 7) is 3.85. The first-order chi connectivity index (χ1) is 9.69. The van der Waals surface area contributed by atoms with Crippen LogP contribution in [0.2, 0.25) is 4.34 Å². The lowest BCUT2D eigenvalue weighted by atomic mass is 10.2. The summed E-state index contributed by atoms with van der Waals surface area (Å²) in [5, 5.41) is 13.2. The Balaban J connectivity index is 1.77. The number of halogens is 1. The van der Waals surface area contributed by atoms with Gasteiger partial charge >= 0.3 is 0 Å². The van der Waals surface area contributed by atoms with Crippen molar-refractivity contribution in [3.63, 3.8) is 0 Å². The Bertz CT molecular complexity index is 527.